The molecule has 0 radical (unpaired) electrons. The molecule has 1 fully saturated rings. The first-order chi connectivity index (χ1) is 12.8. The number of benzene rings is 2. The van der Waals surface area contributed by atoms with E-state index in [9.17, 15) is 0 Å². The first-order valence-electron chi connectivity index (χ1n) is 9.12. The van der Waals surface area contributed by atoms with Crippen molar-refractivity contribution in [2.75, 3.05) is 38.3 Å². The zero-order chi connectivity index (χ0) is 17.9. The monoisotopic (exact) mass is 364 g/mol. The highest BCUT2D eigenvalue weighted by atomic mass is 32.2. The Bertz CT molecular complexity index is 864. The summed E-state index contributed by atoms with van der Waals surface area (Å²) < 4.78 is 5.50. The first-order valence-corrected chi connectivity index (χ1v) is 9.94. The van der Waals surface area contributed by atoms with E-state index in [4.69, 9.17) is 4.74 Å². The van der Waals surface area contributed by atoms with Gasteiger partial charge in [-0.3, -0.25) is 0 Å². The quantitative estimate of drug-likeness (QED) is 0.723. The van der Waals surface area contributed by atoms with Crippen molar-refractivity contribution in [3.63, 3.8) is 0 Å². The number of anilines is 2. The maximum atomic E-state index is 5.50. The van der Waals surface area contributed by atoms with Gasteiger partial charge in [0, 0.05) is 36.3 Å². The average molecular weight is 365 g/mol. The molecule has 0 saturated carbocycles. The van der Waals surface area contributed by atoms with Gasteiger partial charge in [-0.05, 0) is 42.8 Å². The van der Waals surface area contributed by atoms with Crippen molar-refractivity contribution in [2.24, 2.45) is 0 Å². The number of nitrogens with zero attached hydrogens (tertiary/aromatic N) is 2. The van der Waals surface area contributed by atoms with E-state index >= 15 is 0 Å². The lowest BCUT2D eigenvalue weighted by Crippen LogP contribution is -2.36. The highest BCUT2D eigenvalue weighted by Gasteiger charge is 2.21. The van der Waals surface area contributed by atoms with Crippen LogP contribution in [0.4, 0.5) is 11.4 Å². The van der Waals surface area contributed by atoms with Gasteiger partial charge in [-0.1, -0.05) is 30.0 Å². The molecule has 2 aromatic rings. The van der Waals surface area contributed by atoms with Gasteiger partial charge in [0.1, 0.15) is 0 Å². The summed E-state index contributed by atoms with van der Waals surface area (Å²) >= 11 is 1.85. The van der Waals surface area contributed by atoms with Crippen LogP contribution >= 0.6 is 11.8 Å². The number of rotatable bonds is 3. The zero-order valence-corrected chi connectivity index (χ0v) is 16.2. The van der Waals surface area contributed by atoms with Gasteiger partial charge in [0.25, 0.3) is 0 Å². The fraction of sp³-hybridized carbons (Fsp3) is 0.318. The van der Waals surface area contributed by atoms with Crippen molar-refractivity contribution in [2.45, 2.75) is 23.1 Å². The predicted octanol–water partition coefficient (Wildman–Crippen LogP) is 4.85. The Morgan fingerprint density at radius 2 is 1.88 bits per heavy atom. The minimum atomic E-state index is 0.801. The van der Waals surface area contributed by atoms with E-state index < -0.39 is 0 Å². The Hall–Kier alpha value is -2.13. The molecule has 4 heteroatoms. The Morgan fingerprint density at radius 3 is 2.69 bits per heavy atom. The first kappa shape index (κ1) is 17.3. The Labute approximate surface area is 160 Å². The van der Waals surface area contributed by atoms with E-state index in [1.165, 1.54) is 32.4 Å². The second kappa shape index (κ2) is 7.63. The molecule has 2 heterocycles. The summed E-state index contributed by atoms with van der Waals surface area (Å²) in [6, 6.07) is 15.4. The second-order valence-corrected chi connectivity index (χ2v) is 7.67. The standard InChI is InChI=1S/C22H24N2OS/c1-3-6-18(24-11-13-25-14-12-24)15-17-9-10-22-20(16-17)23(2)19-7-4-5-8-21(19)26-22/h3-5,7-10,16H,11-15H2,1-2H3. The third-order valence-electron chi connectivity index (χ3n) is 4.91. The van der Waals surface area contributed by atoms with E-state index in [1.807, 2.05) is 24.8 Å². The van der Waals surface area contributed by atoms with Gasteiger partial charge in [0.15, 0.2) is 0 Å². The molecule has 2 aliphatic rings. The van der Waals surface area contributed by atoms with E-state index in [0.29, 0.717) is 0 Å². The molecule has 26 heavy (non-hydrogen) atoms. The Balaban J connectivity index is 1.61. The summed E-state index contributed by atoms with van der Waals surface area (Å²) in [7, 11) is 2.16. The number of morpholine rings is 1. The summed E-state index contributed by atoms with van der Waals surface area (Å²) in [6.45, 7) is 5.54. The minimum absolute atomic E-state index is 0.801. The maximum absolute atomic E-state index is 5.50. The van der Waals surface area contributed by atoms with Gasteiger partial charge in [0.05, 0.1) is 30.3 Å². The maximum Gasteiger partial charge on any atom is 0.0642 e. The van der Waals surface area contributed by atoms with Crippen LogP contribution in [0, 0.1) is 0 Å². The van der Waals surface area contributed by atoms with Crippen molar-refractivity contribution < 1.29 is 4.74 Å². The van der Waals surface area contributed by atoms with Crippen LogP contribution in [-0.4, -0.2) is 38.3 Å². The van der Waals surface area contributed by atoms with Gasteiger partial charge in [0.2, 0.25) is 0 Å². The largest absolute Gasteiger partial charge is 0.378 e. The second-order valence-electron chi connectivity index (χ2n) is 6.59. The van der Waals surface area contributed by atoms with Gasteiger partial charge >= 0.3 is 0 Å². The van der Waals surface area contributed by atoms with Crippen LogP contribution in [0.25, 0.3) is 0 Å². The molecule has 134 valence electrons. The average Bonchev–Trinajstić information content (AvgIpc) is 2.69. The summed E-state index contributed by atoms with van der Waals surface area (Å²) in [5.74, 6) is 0. The molecule has 4 rings (SSSR count). The minimum Gasteiger partial charge on any atom is -0.378 e. The molecule has 2 aromatic carbocycles. The van der Waals surface area contributed by atoms with E-state index in [-0.39, 0.29) is 0 Å². The van der Waals surface area contributed by atoms with Gasteiger partial charge in [-0.25, -0.2) is 0 Å². The van der Waals surface area contributed by atoms with Crippen LogP contribution in [0.1, 0.15) is 12.5 Å². The summed E-state index contributed by atoms with van der Waals surface area (Å²) in [6.07, 6.45) is 2.92. The van der Waals surface area contributed by atoms with Crippen molar-refractivity contribution in [1.29, 1.82) is 0 Å². The lowest BCUT2D eigenvalue weighted by Gasteiger charge is -2.31. The Morgan fingerprint density at radius 1 is 1.12 bits per heavy atom. The molecule has 0 N–H and O–H groups in total. The highest BCUT2D eigenvalue weighted by Crippen LogP contribution is 2.47. The molecule has 0 aromatic heterocycles. The number of hydrogen-bond acceptors (Lipinski definition) is 4. The van der Waals surface area contributed by atoms with Gasteiger partial charge in [-0.2, -0.15) is 0 Å². The number of ether oxygens (including phenoxy) is 1. The summed E-state index contributed by atoms with van der Waals surface area (Å²) in [5.41, 5.74) is 8.59. The summed E-state index contributed by atoms with van der Waals surface area (Å²) in [5, 5.41) is 0. The van der Waals surface area contributed by atoms with Crippen molar-refractivity contribution in [1.82, 2.24) is 4.90 Å². The molecule has 3 nitrogen and oxygen atoms in total. The molecule has 0 amide bonds. The van der Waals surface area contributed by atoms with Crippen LogP contribution in [0.5, 0.6) is 0 Å². The van der Waals surface area contributed by atoms with Crippen LogP contribution in [0.2, 0.25) is 0 Å². The number of fused-ring (bicyclic) bond motifs is 2. The van der Waals surface area contributed by atoms with E-state index in [2.05, 4.69) is 65.0 Å². The fourth-order valence-corrected chi connectivity index (χ4v) is 4.67. The lowest BCUT2D eigenvalue weighted by atomic mass is 10.1. The number of para-hydroxylation sites is 1. The molecular formula is C22H24N2OS. The number of hydrogen-bond donors (Lipinski definition) is 0. The molecule has 0 spiro atoms. The van der Waals surface area contributed by atoms with Gasteiger partial charge < -0.3 is 14.5 Å². The van der Waals surface area contributed by atoms with Crippen molar-refractivity contribution >= 4 is 23.1 Å². The molecule has 2 aliphatic heterocycles. The predicted molar refractivity (Wildman–Crippen MR) is 108 cm³/mol. The van der Waals surface area contributed by atoms with Crippen LogP contribution < -0.4 is 4.90 Å². The molecule has 1 saturated heterocycles. The lowest BCUT2D eigenvalue weighted by molar-refractivity contribution is 0.0527. The third kappa shape index (κ3) is 3.41. The van der Waals surface area contributed by atoms with E-state index in [1.54, 1.807) is 0 Å². The zero-order valence-electron chi connectivity index (χ0n) is 15.4. The Kier molecular flexibility index (Phi) is 5.07. The molecule has 0 aliphatic carbocycles. The normalized spacial score (nSPS) is 15.8. The topological polar surface area (TPSA) is 15.7 Å². The SMILES string of the molecule is CC=C=C(Cc1ccc2c(c1)N(C)c1ccccc1S2)N1CCOCC1. The van der Waals surface area contributed by atoms with Crippen molar-refractivity contribution in [3.8, 4) is 0 Å². The van der Waals surface area contributed by atoms with Crippen LogP contribution in [0.3, 0.4) is 0 Å². The fourth-order valence-electron chi connectivity index (χ4n) is 3.54. The van der Waals surface area contributed by atoms with E-state index in [0.717, 1.165) is 32.7 Å². The molecular weight excluding hydrogens is 340 g/mol. The van der Waals surface area contributed by atoms with Gasteiger partial charge in [-0.15, -0.1) is 5.73 Å². The van der Waals surface area contributed by atoms with Crippen molar-refractivity contribution in [3.05, 3.63) is 65.5 Å². The highest BCUT2D eigenvalue weighted by molar-refractivity contribution is 7.99. The smallest absolute Gasteiger partial charge is 0.0642 e. The summed E-state index contributed by atoms with van der Waals surface area (Å²) in [4.78, 5) is 7.34. The molecule has 0 bridgehead atoms. The number of allylic oxidation sites excluding steroid dienone is 1. The third-order valence-corrected chi connectivity index (χ3v) is 6.04. The molecule has 0 unspecified atom stereocenters. The molecule has 0 atom stereocenters. The van der Waals surface area contributed by atoms with Crippen LogP contribution in [0.15, 0.2) is 69.8 Å². The van der Waals surface area contributed by atoms with Crippen LogP contribution in [-0.2, 0) is 11.2 Å².